The van der Waals surface area contributed by atoms with Gasteiger partial charge in [-0.2, -0.15) is 0 Å². The fourth-order valence-electron chi connectivity index (χ4n) is 3.11. The van der Waals surface area contributed by atoms with Crippen molar-refractivity contribution >= 4 is 17.7 Å². The van der Waals surface area contributed by atoms with Crippen LogP contribution in [0.25, 0.3) is 0 Å². The third-order valence-corrected chi connectivity index (χ3v) is 4.31. The topological polar surface area (TPSA) is 70.7 Å². The summed E-state index contributed by atoms with van der Waals surface area (Å²) in [5.74, 6) is -0.321. The summed E-state index contributed by atoms with van der Waals surface area (Å²) in [5, 5.41) is 5.88. The average molecular weight is 321 g/mol. The van der Waals surface area contributed by atoms with Crippen molar-refractivity contribution < 1.29 is 18.7 Å². The summed E-state index contributed by atoms with van der Waals surface area (Å²) in [6.07, 6.45) is 0.391. The summed E-state index contributed by atoms with van der Waals surface area (Å²) in [6.45, 7) is 3.52. The zero-order valence-electron chi connectivity index (χ0n) is 13.0. The molecule has 0 spiro atoms. The van der Waals surface area contributed by atoms with Crippen LogP contribution in [0.1, 0.15) is 24.8 Å². The summed E-state index contributed by atoms with van der Waals surface area (Å²) in [7, 11) is 0. The van der Waals surface area contributed by atoms with Crippen LogP contribution in [-0.2, 0) is 9.53 Å². The van der Waals surface area contributed by atoms with E-state index < -0.39 is 6.09 Å². The molecule has 2 amide bonds. The van der Waals surface area contributed by atoms with Crippen LogP contribution in [0, 0.1) is 5.82 Å². The molecule has 7 heteroatoms. The molecule has 2 aliphatic heterocycles. The molecule has 6 nitrogen and oxygen atoms in total. The molecule has 23 heavy (non-hydrogen) atoms. The number of cyclic esters (lactones) is 1. The molecule has 0 aromatic heterocycles. The van der Waals surface area contributed by atoms with Gasteiger partial charge in [-0.25, -0.2) is 9.18 Å². The van der Waals surface area contributed by atoms with E-state index in [1.54, 1.807) is 12.1 Å². The molecule has 2 heterocycles. The highest BCUT2D eigenvalue weighted by Gasteiger charge is 2.35. The molecule has 2 N–H and O–H groups in total. The molecule has 2 aliphatic rings. The highest BCUT2D eigenvalue weighted by molar-refractivity contribution is 5.90. The Hall–Kier alpha value is -2.15. The molecule has 2 unspecified atom stereocenters. The second kappa shape index (κ2) is 6.54. The molecule has 1 aromatic rings. The van der Waals surface area contributed by atoms with E-state index in [1.807, 2.05) is 0 Å². The molecule has 2 fully saturated rings. The van der Waals surface area contributed by atoms with Crippen molar-refractivity contribution in [3.63, 3.8) is 0 Å². The van der Waals surface area contributed by atoms with Crippen molar-refractivity contribution in [3.05, 3.63) is 29.6 Å². The molecule has 124 valence electrons. The largest absolute Gasteiger partial charge is 0.447 e. The van der Waals surface area contributed by atoms with Crippen molar-refractivity contribution in [2.75, 3.05) is 31.1 Å². The quantitative estimate of drug-likeness (QED) is 0.878. The minimum atomic E-state index is -0.518. The predicted octanol–water partition coefficient (Wildman–Crippen LogP) is 1.36. The van der Waals surface area contributed by atoms with Crippen LogP contribution in [0.3, 0.4) is 0 Å². The van der Waals surface area contributed by atoms with Gasteiger partial charge in [0.25, 0.3) is 0 Å². The Morgan fingerprint density at radius 3 is 3.00 bits per heavy atom. The highest BCUT2D eigenvalue weighted by Crippen LogP contribution is 2.30. The number of halogens is 1. The molecule has 2 atom stereocenters. The second-order valence-electron chi connectivity index (χ2n) is 5.93. The molecule has 1 aromatic carbocycles. The van der Waals surface area contributed by atoms with E-state index in [-0.39, 0.29) is 36.8 Å². The van der Waals surface area contributed by atoms with E-state index in [4.69, 9.17) is 4.74 Å². The number of benzene rings is 1. The van der Waals surface area contributed by atoms with Gasteiger partial charge in [0.05, 0.1) is 11.7 Å². The number of anilines is 1. The minimum absolute atomic E-state index is 0.171. The number of carbonyl (C=O) groups excluding carboxylic acids is 2. The lowest BCUT2D eigenvalue weighted by molar-refractivity contribution is -0.119. The molecule has 3 rings (SSSR count). The minimum Gasteiger partial charge on any atom is -0.447 e. The van der Waals surface area contributed by atoms with Crippen LogP contribution < -0.4 is 15.5 Å². The Morgan fingerprint density at radius 1 is 1.52 bits per heavy atom. The molecular formula is C16H20FN3O3. The van der Waals surface area contributed by atoms with Gasteiger partial charge >= 0.3 is 6.09 Å². The molecule has 2 saturated heterocycles. The first kappa shape index (κ1) is 15.7. The monoisotopic (exact) mass is 321 g/mol. The zero-order chi connectivity index (χ0) is 16.4. The summed E-state index contributed by atoms with van der Waals surface area (Å²) in [4.78, 5) is 24.4. The van der Waals surface area contributed by atoms with Crippen LogP contribution >= 0.6 is 0 Å². The lowest BCUT2D eigenvalue weighted by atomic mass is 9.97. The van der Waals surface area contributed by atoms with Gasteiger partial charge in [0.2, 0.25) is 5.91 Å². The maximum Gasteiger partial charge on any atom is 0.414 e. The number of nitrogens with one attached hydrogen (secondary N) is 2. The Morgan fingerprint density at radius 2 is 2.35 bits per heavy atom. The zero-order valence-corrected chi connectivity index (χ0v) is 13.0. The standard InChI is InChI=1S/C16H20FN3O3/c1-10(21)19-8-13-9-23-16(22)20(13)12-2-3-14(15(17)6-12)11-4-5-18-7-11/h2-3,6,11,13,18H,4-5,7-9H2,1H3,(H,19,21). The van der Waals surface area contributed by atoms with Crippen LogP contribution in [0.15, 0.2) is 18.2 Å². The van der Waals surface area contributed by atoms with Gasteiger partial charge in [-0.15, -0.1) is 0 Å². The van der Waals surface area contributed by atoms with Crippen molar-refractivity contribution in [2.24, 2.45) is 0 Å². The fraction of sp³-hybridized carbons (Fsp3) is 0.500. The van der Waals surface area contributed by atoms with E-state index in [0.717, 1.165) is 19.5 Å². The van der Waals surface area contributed by atoms with Gasteiger partial charge < -0.3 is 15.4 Å². The molecular weight excluding hydrogens is 301 g/mol. The number of amides is 2. The third-order valence-electron chi connectivity index (χ3n) is 4.31. The molecule has 0 bridgehead atoms. The molecule has 0 aliphatic carbocycles. The Balaban J connectivity index is 1.80. The first-order chi connectivity index (χ1) is 11.1. The molecule has 0 radical (unpaired) electrons. The average Bonchev–Trinajstić information content (AvgIpc) is 3.14. The summed E-state index contributed by atoms with van der Waals surface area (Å²) >= 11 is 0. The first-order valence-corrected chi connectivity index (χ1v) is 7.77. The van der Waals surface area contributed by atoms with Crippen LogP contribution in [-0.4, -0.2) is 44.3 Å². The smallest absolute Gasteiger partial charge is 0.414 e. The number of hydrogen-bond donors (Lipinski definition) is 2. The van der Waals surface area contributed by atoms with E-state index in [9.17, 15) is 14.0 Å². The number of ether oxygens (including phenoxy) is 1. The van der Waals surface area contributed by atoms with Gasteiger partial charge in [0, 0.05) is 25.9 Å². The summed E-state index contributed by atoms with van der Waals surface area (Å²) < 4.78 is 19.5. The van der Waals surface area contributed by atoms with Crippen LogP contribution in [0.2, 0.25) is 0 Å². The summed E-state index contributed by atoms with van der Waals surface area (Å²) in [5.41, 5.74) is 1.12. The van der Waals surface area contributed by atoms with Gasteiger partial charge in [-0.3, -0.25) is 9.69 Å². The van der Waals surface area contributed by atoms with E-state index in [0.29, 0.717) is 11.3 Å². The lowest BCUT2D eigenvalue weighted by Crippen LogP contribution is -2.42. The van der Waals surface area contributed by atoms with Gasteiger partial charge in [-0.05, 0) is 30.7 Å². The summed E-state index contributed by atoms with van der Waals surface area (Å²) in [6, 6.07) is 4.53. The highest BCUT2D eigenvalue weighted by atomic mass is 19.1. The molecule has 0 saturated carbocycles. The number of carbonyl (C=O) groups is 2. The van der Waals surface area contributed by atoms with Crippen LogP contribution in [0.4, 0.5) is 14.9 Å². The third kappa shape index (κ3) is 3.29. The predicted molar refractivity (Wildman–Crippen MR) is 82.9 cm³/mol. The fourth-order valence-corrected chi connectivity index (χ4v) is 3.11. The Bertz CT molecular complexity index is 617. The van der Waals surface area contributed by atoms with E-state index in [1.165, 1.54) is 17.9 Å². The Labute approximate surface area is 134 Å². The maximum atomic E-state index is 14.4. The van der Waals surface area contributed by atoms with Crippen molar-refractivity contribution in [2.45, 2.75) is 25.3 Å². The normalized spacial score (nSPS) is 23.9. The van der Waals surface area contributed by atoms with E-state index in [2.05, 4.69) is 10.6 Å². The number of hydrogen-bond acceptors (Lipinski definition) is 4. The number of rotatable bonds is 4. The van der Waals surface area contributed by atoms with Gasteiger partial charge in [0.15, 0.2) is 0 Å². The van der Waals surface area contributed by atoms with Crippen molar-refractivity contribution in [3.8, 4) is 0 Å². The van der Waals surface area contributed by atoms with Gasteiger partial charge in [0.1, 0.15) is 12.4 Å². The van der Waals surface area contributed by atoms with Crippen molar-refractivity contribution in [1.29, 1.82) is 0 Å². The van der Waals surface area contributed by atoms with Gasteiger partial charge in [-0.1, -0.05) is 6.07 Å². The second-order valence-corrected chi connectivity index (χ2v) is 5.93. The van der Waals surface area contributed by atoms with E-state index >= 15 is 0 Å². The lowest BCUT2D eigenvalue weighted by Gasteiger charge is -2.22. The van der Waals surface area contributed by atoms with Crippen molar-refractivity contribution in [1.82, 2.24) is 10.6 Å². The Kier molecular flexibility index (Phi) is 4.47. The SMILES string of the molecule is CC(=O)NCC1COC(=O)N1c1ccc(C2CCNC2)c(F)c1. The first-order valence-electron chi connectivity index (χ1n) is 7.77. The van der Waals surface area contributed by atoms with Crippen LogP contribution in [0.5, 0.6) is 0 Å². The maximum absolute atomic E-state index is 14.4. The number of nitrogens with zero attached hydrogens (tertiary/aromatic N) is 1.